The molecular formula is C12H17N3O3. The van der Waals surface area contributed by atoms with Crippen LogP contribution in [0.25, 0.3) is 0 Å². The van der Waals surface area contributed by atoms with E-state index in [-0.39, 0.29) is 11.6 Å². The molecule has 1 fully saturated rings. The first kappa shape index (κ1) is 12.6. The lowest BCUT2D eigenvalue weighted by Crippen LogP contribution is -2.46. The van der Waals surface area contributed by atoms with Gasteiger partial charge in [-0.1, -0.05) is 6.92 Å². The molecule has 1 unspecified atom stereocenters. The van der Waals surface area contributed by atoms with Gasteiger partial charge in [0, 0.05) is 6.54 Å². The van der Waals surface area contributed by atoms with Crippen LogP contribution in [0.2, 0.25) is 0 Å². The number of aromatic nitrogens is 1. The van der Waals surface area contributed by atoms with Crippen LogP contribution in [-0.4, -0.2) is 41.9 Å². The number of hydrogen-bond donors (Lipinski definition) is 2. The van der Waals surface area contributed by atoms with Gasteiger partial charge in [0.05, 0.1) is 31.1 Å². The second kappa shape index (κ2) is 5.22. The molecule has 1 aliphatic rings. The molecule has 0 saturated carbocycles. The number of morpholine rings is 1. The quantitative estimate of drug-likeness (QED) is 0.832. The predicted octanol–water partition coefficient (Wildman–Crippen LogP) is 0.977. The third-order valence-corrected chi connectivity index (χ3v) is 3.09. The van der Waals surface area contributed by atoms with Gasteiger partial charge in [0.2, 0.25) is 0 Å². The average Bonchev–Trinajstić information content (AvgIpc) is 2.38. The van der Waals surface area contributed by atoms with Crippen LogP contribution < -0.4 is 10.6 Å². The van der Waals surface area contributed by atoms with Crippen LogP contribution in [0, 0.1) is 0 Å². The highest BCUT2D eigenvalue weighted by Gasteiger charge is 2.26. The Kier molecular flexibility index (Phi) is 3.66. The number of nitrogens with two attached hydrogens (primary N) is 1. The van der Waals surface area contributed by atoms with Crippen LogP contribution in [0.15, 0.2) is 12.3 Å². The van der Waals surface area contributed by atoms with Crippen molar-refractivity contribution < 1.29 is 14.6 Å². The van der Waals surface area contributed by atoms with Crippen molar-refractivity contribution in [1.29, 1.82) is 0 Å². The fourth-order valence-corrected chi connectivity index (χ4v) is 2.13. The van der Waals surface area contributed by atoms with Gasteiger partial charge in [-0.15, -0.1) is 0 Å². The third-order valence-electron chi connectivity index (χ3n) is 3.09. The van der Waals surface area contributed by atoms with E-state index in [0.717, 1.165) is 6.42 Å². The monoisotopic (exact) mass is 251 g/mol. The molecule has 2 rings (SSSR count). The predicted molar refractivity (Wildman–Crippen MR) is 67.9 cm³/mol. The molecule has 6 nitrogen and oxygen atoms in total. The summed E-state index contributed by atoms with van der Waals surface area (Å²) in [5, 5.41) is 9.23. The minimum absolute atomic E-state index is 0.148. The van der Waals surface area contributed by atoms with Crippen molar-refractivity contribution in [3.05, 3.63) is 17.8 Å². The van der Waals surface area contributed by atoms with Gasteiger partial charge in [0.25, 0.3) is 0 Å². The Hall–Kier alpha value is -1.82. The summed E-state index contributed by atoms with van der Waals surface area (Å²) in [6.45, 7) is 3.88. The van der Waals surface area contributed by atoms with E-state index in [1.165, 1.54) is 12.3 Å². The minimum atomic E-state index is -1.01. The van der Waals surface area contributed by atoms with Crippen LogP contribution in [0.4, 0.5) is 11.5 Å². The number of anilines is 2. The van der Waals surface area contributed by atoms with Gasteiger partial charge in [-0.3, -0.25) is 0 Å². The number of carboxylic acids is 1. The summed E-state index contributed by atoms with van der Waals surface area (Å²) in [6.07, 6.45) is 2.37. The van der Waals surface area contributed by atoms with E-state index in [4.69, 9.17) is 10.5 Å². The Balaban J connectivity index is 2.39. The van der Waals surface area contributed by atoms with Crippen LogP contribution in [0.1, 0.15) is 23.7 Å². The number of carboxylic acid groups (broad SMARTS) is 1. The fourth-order valence-electron chi connectivity index (χ4n) is 2.13. The van der Waals surface area contributed by atoms with Crippen molar-refractivity contribution in [3.63, 3.8) is 0 Å². The largest absolute Gasteiger partial charge is 0.478 e. The van der Waals surface area contributed by atoms with E-state index in [1.54, 1.807) is 0 Å². The first-order chi connectivity index (χ1) is 8.63. The number of ether oxygens (including phenoxy) is 1. The van der Waals surface area contributed by atoms with Gasteiger partial charge < -0.3 is 20.5 Å². The number of nitrogens with zero attached hydrogens (tertiary/aromatic N) is 2. The second-order valence-electron chi connectivity index (χ2n) is 4.28. The van der Waals surface area contributed by atoms with Crippen LogP contribution in [0.3, 0.4) is 0 Å². The van der Waals surface area contributed by atoms with Crippen molar-refractivity contribution in [2.45, 2.75) is 19.4 Å². The summed E-state index contributed by atoms with van der Waals surface area (Å²) in [6, 6.07) is 1.61. The number of carbonyl (C=O) groups is 1. The molecule has 0 amide bonds. The number of hydrogen-bond acceptors (Lipinski definition) is 5. The van der Waals surface area contributed by atoms with E-state index in [0.29, 0.717) is 31.3 Å². The molecule has 2 heterocycles. The van der Waals surface area contributed by atoms with Crippen molar-refractivity contribution in [2.24, 2.45) is 0 Å². The molecule has 1 aromatic rings. The molecule has 0 aromatic carbocycles. The molecule has 98 valence electrons. The van der Waals surface area contributed by atoms with Crippen LogP contribution >= 0.6 is 0 Å². The second-order valence-corrected chi connectivity index (χ2v) is 4.28. The first-order valence-corrected chi connectivity index (χ1v) is 5.96. The minimum Gasteiger partial charge on any atom is -0.478 e. The number of pyridine rings is 1. The SMILES string of the molecule is CCC1COCCN1c1ncc(N)cc1C(=O)O. The lowest BCUT2D eigenvalue weighted by molar-refractivity contribution is 0.0693. The van der Waals surface area contributed by atoms with E-state index in [1.807, 2.05) is 11.8 Å². The fraction of sp³-hybridized carbons (Fsp3) is 0.500. The molecule has 0 aliphatic carbocycles. The summed E-state index contributed by atoms with van der Waals surface area (Å²) in [7, 11) is 0. The zero-order valence-corrected chi connectivity index (χ0v) is 10.3. The topological polar surface area (TPSA) is 88.7 Å². The summed E-state index contributed by atoms with van der Waals surface area (Å²) < 4.78 is 5.41. The van der Waals surface area contributed by atoms with Crippen LogP contribution in [-0.2, 0) is 4.74 Å². The van der Waals surface area contributed by atoms with E-state index < -0.39 is 5.97 Å². The maximum absolute atomic E-state index is 11.3. The van der Waals surface area contributed by atoms with Crippen molar-refractivity contribution in [3.8, 4) is 0 Å². The number of aromatic carboxylic acids is 1. The standard InChI is InChI=1S/C12H17N3O3/c1-2-9-7-18-4-3-15(9)11-10(12(16)17)5-8(13)6-14-11/h5-6,9H,2-4,7,13H2,1H3,(H,16,17). The van der Waals surface area contributed by atoms with Gasteiger partial charge in [-0.05, 0) is 12.5 Å². The Bertz CT molecular complexity index is 450. The number of nitrogen functional groups attached to an aromatic ring is 1. The summed E-state index contributed by atoms with van der Waals surface area (Å²) in [5.41, 5.74) is 6.10. The lowest BCUT2D eigenvalue weighted by Gasteiger charge is -2.36. The molecule has 1 atom stereocenters. The first-order valence-electron chi connectivity index (χ1n) is 5.96. The zero-order chi connectivity index (χ0) is 13.1. The van der Waals surface area contributed by atoms with E-state index in [2.05, 4.69) is 4.98 Å². The average molecular weight is 251 g/mol. The number of rotatable bonds is 3. The zero-order valence-electron chi connectivity index (χ0n) is 10.3. The van der Waals surface area contributed by atoms with E-state index in [9.17, 15) is 9.90 Å². The van der Waals surface area contributed by atoms with Gasteiger partial charge in [-0.2, -0.15) is 0 Å². The molecular weight excluding hydrogens is 234 g/mol. The van der Waals surface area contributed by atoms with Crippen molar-refractivity contribution in [1.82, 2.24) is 4.98 Å². The molecule has 1 aromatic heterocycles. The van der Waals surface area contributed by atoms with Crippen molar-refractivity contribution in [2.75, 3.05) is 30.4 Å². The Morgan fingerprint density at radius 3 is 3.17 bits per heavy atom. The maximum Gasteiger partial charge on any atom is 0.339 e. The Morgan fingerprint density at radius 2 is 2.50 bits per heavy atom. The highest BCUT2D eigenvalue weighted by atomic mass is 16.5. The van der Waals surface area contributed by atoms with E-state index >= 15 is 0 Å². The lowest BCUT2D eigenvalue weighted by atomic mass is 10.1. The van der Waals surface area contributed by atoms with Gasteiger partial charge in [-0.25, -0.2) is 9.78 Å². The van der Waals surface area contributed by atoms with Gasteiger partial charge >= 0.3 is 5.97 Å². The molecule has 6 heteroatoms. The Morgan fingerprint density at radius 1 is 1.72 bits per heavy atom. The molecule has 0 radical (unpaired) electrons. The Labute approximate surface area is 105 Å². The van der Waals surface area contributed by atoms with Crippen LogP contribution in [0.5, 0.6) is 0 Å². The highest BCUT2D eigenvalue weighted by molar-refractivity contribution is 5.94. The van der Waals surface area contributed by atoms with Gasteiger partial charge in [0.1, 0.15) is 11.4 Å². The summed E-state index contributed by atoms with van der Waals surface area (Å²) >= 11 is 0. The molecule has 0 spiro atoms. The maximum atomic E-state index is 11.3. The summed E-state index contributed by atoms with van der Waals surface area (Å²) in [5.74, 6) is -0.530. The molecule has 3 N–H and O–H groups in total. The van der Waals surface area contributed by atoms with Crippen molar-refractivity contribution >= 4 is 17.5 Å². The van der Waals surface area contributed by atoms with Gasteiger partial charge in [0.15, 0.2) is 0 Å². The molecule has 1 saturated heterocycles. The molecule has 1 aliphatic heterocycles. The molecule has 18 heavy (non-hydrogen) atoms. The third kappa shape index (κ3) is 2.38. The molecule has 0 bridgehead atoms. The highest BCUT2D eigenvalue weighted by Crippen LogP contribution is 2.24. The smallest absolute Gasteiger partial charge is 0.339 e. The normalized spacial score (nSPS) is 19.8. The summed E-state index contributed by atoms with van der Waals surface area (Å²) in [4.78, 5) is 17.4.